The molecule has 0 aromatic heterocycles. The number of carbonyl (C=O) groups is 1. The van der Waals surface area contributed by atoms with Crippen LogP contribution in [-0.4, -0.2) is 35.6 Å². The largest absolute Gasteiger partial charge is 0.512 e. The number of ether oxygens (including phenoxy) is 2. The summed E-state index contributed by atoms with van der Waals surface area (Å²) in [5.41, 5.74) is -0.0760. The van der Waals surface area contributed by atoms with Gasteiger partial charge in [-0.05, 0) is 31.4 Å². The van der Waals surface area contributed by atoms with E-state index in [4.69, 9.17) is 9.47 Å². The predicted molar refractivity (Wildman–Crippen MR) is 84.9 cm³/mol. The standard InChI is InChI=1S/C17H20O4S/c1-20-16(19)15-13(18)10-17(9-5-8-14(15)21-17)11-22-12-6-3-2-4-7-12/h2-4,6-7,14,18H,5,8-11H2,1H3/t14-,17+/m1/s1. The highest BCUT2D eigenvalue weighted by molar-refractivity contribution is 7.99. The van der Waals surface area contributed by atoms with Gasteiger partial charge in [-0.1, -0.05) is 18.2 Å². The lowest BCUT2D eigenvalue weighted by molar-refractivity contribution is -0.148. The third kappa shape index (κ3) is 3.01. The van der Waals surface area contributed by atoms with E-state index < -0.39 is 5.97 Å². The molecular formula is C17H20O4S. The Morgan fingerprint density at radius 1 is 1.45 bits per heavy atom. The van der Waals surface area contributed by atoms with E-state index in [9.17, 15) is 9.90 Å². The predicted octanol–water partition coefficient (Wildman–Crippen LogP) is 3.48. The van der Waals surface area contributed by atoms with Gasteiger partial charge in [0.1, 0.15) is 11.3 Å². The van der Waals surface area contributed by atoms with Gasteiger partial charge >= 0.3 is 5.97 Å². The lowest BCUT2D eigenvalue weighted by atomic mass is 9.82. The van der Waals surface area contributed by atoms with Crippen LogP contribution < -0.4 is 0 Å². The second-order valence-electron chi connectivity index (χ2n) is 5.81. The number of carbonyl (C=O) groups excluding carboxylic acids is 1. The highest BCUT2D eigenvalue weighted by Crippen LogP contribution is 2.44. The first-order chi connectivity index (χ1) is 10.6. The van der Waals surface area contributed by atoms with E-state index in [-0.39, 0.29) is 17.5 Å². The number of thioether (sulfide) groups is 1. The van der Waals surface area contributed by atoms with Crippen molar-refractivity contribution in [3.8, 4) is 0 Å². The lowest BCUT2D eigenvalue weighted by Gasteiger charge is -2.45. The van der Waals surface area contributed by atoms with E-state index in [2.05, 4.69) is 12.1 Å². The Balaban J connectivity index is 1.77. The number of fused-ring (bicyclic) bond motifs is 2. The Bertz CT molecular complexity index is 584. The van der Waals surface area contributed by atoms with Crippen LogP contribution in [0.3, 0.4) is 0 Å². The Labute approximate surface area is 134 Å². The monoisotopic (exact) mass is 320 g/mol. The smallest absolute Gasteiger partial charge is 0.339 e. The summed E-state index contributed by atoms with van der Waals surface area (Å²) in [6, 6.07) is 10.2. The van der Waals surface area contributed by atoms with Crippen LogP contribution in [0.25, 0.3) is 0 Å². The number of methoxy groups -OCH3 is 1. The van der Waals surface area contributed by atoms with Gasteiger partial charge in [-0.2, -0.15) is 0 Å². The van der Waals surface area contributed by atoms with Crippen molar-refractivity contribution in [3.63, 3.8) is 0 Å². The first-order valence-electron chi connectivity index (χ1n) is 7.49. The molecule has 22 heavy (non-hydrogen) atoms. The molecule has 2 atom stereocenters. The summed E-state index contributed by atoms with van der Waals surface area (Å²) in [6.07, 6.45) is 2.70. The number of aliphatic hydroxyl groups excluding tert-OH is 1. The van der Waals surface area contributed by atoms with Gasteiger partial charge in [0.15, 0.2) is 0 Å². The highest BCUT2D eigenvalue weighted by Gasteiger charge is 2.46. The molecule has 1 aromatic carbocycles. The van der Waals surface area contributed by atoms with E-state index in [0.29, 0.717) is 12.0 Å². The number of aliphatic hydroxyl groups is 1. The Morgan fingerprint density at radius 2 is 2.23 bits per heavy atom. The summed E-state index contributed by atoms with van der Waals surface area (Å²) < 4.78 is 11.0. The molecule has 0 amide bonds. The topological polar surface area (TPSA) is 55.8 Å². The molecule has 5 heteroatoms. The van der Waals surface area contributed by atoms with E-state index in [1.54, 1.807) is 11.8 Å². The molecule has 0 saturated carbocycles. The van der Waals surface area contributed by atoms with E-state index >= 15 is 0 Å². The maximum Gasteiger partial charge on any atom is 0.339 e. The van der Waals surface area contributed by atoms with E-state index in [1.807, 2.05) is 18.2 Å². The molecule has 118 valence electrons. The van der Waals surface area contributed by atoms with Gasteiger partial charge in [-0.3, -0.25) is 0 Å². The maximum atomic E-state index is 11.8. The number of hydrogen-bond donors (Lipinski definition) is 1. The van der Waals surface area contributed by atoms with Crippen molar-refractivity contribution in [1.82, 2.24) is 0 Å². The van der Waals surface area contributed by atoms with Crippen LogP contribution in [0.2, 0.25) is 0 Å². The van der Waals surface area contributed by atoms with Crippen LogP contribution >= 0.6 is 11.8 Å². The summed E-state index contributed by atoms with van der Waals surface area (Å²) in [5.74, 6) is 0.427. The molecule has 0 unspecified atom stereocenters. The summed E-state index contributed by atoms with van der Waals surface area (Å²) in [7, 11) is 1.33. The van der Waals surface area contributed by atoms with Gasteiger partial charge in [0.05, 0.1) is 18.8 Å². The van der Waals surface area contributed by atoms with Gasteiger partial charge in [0.25, 0.3) is 0 Å². The van der Waals surface area contributed by atoms with Gasteiger partial charge in [0, 0.05) is 17.1 Å². The second-order valence-corrected chi connectivity index (χ2v) is 6.86. The van der Waals surface area contributed by atoms with E-state index in [0.717, 1.165) is 25.0 Å². The molecular weight excluding hydrogens is 300 g/mol. The van der Waals surface area contributed by atoms with Crippen molar-refractivity contribution < 1.29 is 19.4 Å². The van der Waals surface area contributed by atoms with Crippen molar-refractivity contribution in [2.75, 3.05) is 12.9 Å². The van der Waals surface area contributed by atoms with Gasteiger partial charge < -0.3 is 14.6 Å². The first-order valence-corrected chi connectivity index (χ1v) is 8.48. The molecule has 2 aliphatic heterocycles. The molecule has 1 N–H and O–H groups in total. The fourth-order valence-electron chi connectivity index (χ4n) is 3.20. The Kier molecular flexibility index (Phi) is 4.45. The highest BCUT2D eigenvalue weighted by atomic mass is 32.2. The molecule has 1 saturated heterocycles. The Morgan fingerprint density at radius 3 is 2.95 bits per heavy atom. The van der Waals surface area contributed by atoms with Crippen LogP contribution in [-0.2, 0) is 14.3 Å². The number of hydrogen-bond acceptors (Lipinski definition) is 5. The fourth-order valence-corrected chi connectivity index (χ4v) is 4.29. The molecule has 1 fully saturated rings. The normalized spacial score (nSPS) is 27.6. The molecule has 0 radical (unpaired) electrons. The zero-order chi connectivity index (χ0) is 15.6. The first kappa shape index (κ1) is 15.4. The van der Waals surface area contributed by atoms with Gasteiger partial charge in [-0.15, -0.1) is 11.8 Å². The fraction of sp³-hybridized carbons (Fsp3) is 0.471. The van der Waals surface area contributed by atoms with Crippen molar-refractivity contribution >= 4 is 17.7 Å². The van der Waals surface area contributed by atoms with Crippen molar-refractivity contribution in [3.05, 3.63) is 41.7 Å². The quantitative estimate of drug-likeness (QED) is 0.680. The molecule has 2 heterocycles. The van der Waals surface area contributed by atoms with Gasteiger partial charge in [0.2, 0.25) is 0 Å². The molecule has 0 aliphatic carbocycles. The van der Waals surface area contributed by atoms with Crippen molar-refractivity contribution in [2.45, 2.75) is 42.3 Å². The van der Waals surface area contributed by atoms with Crippen LogP contribution in [0.4, 0.5) is 0 Å². The SMILES string of the molecule is COC(=O)C1=C(O)C[C@]2(CSc3ccccc3)CCC[C@H]1O2. The average Bonchev–Trinajstić information content (AvgIpc) is 2.53. The summed E-state index contributed by atoms with van der Waals surface area (Å²) in [5, 5.41) is 10.3. The third-order valence-electron chi connectivity index (χ3n) is 4.26. The van der Waals surface area contributed by atoms with Crippen molar-refractivity contribution in [1.29, 1.82) is 0 Å². The minimum Gasteiger partial charge on any atom is -0.512 e. The summed E-state index contributed by atoms with van der Waals surface area (Å²) >= 11 is 1.73. The molecule has 2 aliphatic rings. The molecule has 0 spiro atoms. The van der Waals surface area contributed by atoms with Gasteiger partial charge in [-0.25, -0.2) is 4.79 Å². The minimum atomic E-state index is -0.478. The minimum absolute atomic E-state index is 0.136. The number of esters is 1. The van der Waals surface area contributed by atoms with Crippen molar-refractivity contribution in [2.24, 2.45) is 0 Å². The Hall–Kier alpha value is -1.46. The molecule has 1 aromatic rings. The molecule has 4 nitrogen and oxygen atoms in total. The summed E-state index contributed by atoms with van der Waals surface area (Å²) in [6.45, 7) is 0. The second kappa shape index (κ2) is 6.34. The van der Waals surface area contributed by atoms with Crippen LogP contribution in [0.5, 0.6) is 0 Å². The molecule has 2 bridgehead atoms. The maximum absolute atomic E-state index is 11.8. The molecule has 3 rings (SSSR count). The third-order valence-corrected chi connectivity index (χ3v) is 5.54. The zero-order valence-electron chi connectivity index (χ0n) is 12.6. The van der Waals surface area contributed by atoms with Crippen LogP contribution in [0, 0.1) is 0 Å². The number of rotatable bonds is 4. The van der Waals surface area contributed by atoms with Crippen LogP contribution in [0.15, 0.2) is 46.6 Å². The average molecular weight is 320 g/mol. The van der Waals surface area contributed by atoms with E-state index in [1.165, 1.54) is 12.0 Å². The van der Waals surface area contributed by atoms with Crippen LogP contribution in [0.1, 0.15) is 25.7 Å². The lowest BCUT2D eigenvalue weighted by Crippen LogP contribution is -2.48. The zero-order valence-corrected chi connectivity index (χ0v) is 13.4. The number of benzene rings is 1. The summed E-state index contributed by atoms with van der Waals surface area (Å²) in [4.78, 5) is 13.0.